The van der Waals surface area contributed by atoms with E-state index in [1.54, 1.807) is 0 Å². The molecule has 0 spiro atoms. The number of hydrogen-bond donors (Lipinski definition) is 3. The van der Waals surface area contributed by atoms with Gasteiger partial charge in [-0.15, -0.1) is 12.4 Å². The first-order valence-corrected chi connectivity index (χ1v) is 8.24. The highest BCUT2D eigenvalue weighted by molar-refractivity contribution is 5.85. The number of likely N-dealkylation sites (tertiary alicyclic amines) is 1. The Balaban J connectivity index is 0.00000242. The van der Waals surface area contributed by atoms with Crippen molar-refractivity contribution < 1.29 is 9.59 Å². The van der Waals surface area contributed by atoms with Crippen molar-refractivity contribution >= 4 is 24.3 Å². The van der Waals surface area contributed by atoms with E-state index >= 15 is 0 Å². The molecule has 0 aromatic heterocycles. The molecule has 0 unspecified atom stereocenters. The highest BCUT2D eigenvalue weighted by Gasteiger charge is 2.24. The van der Waals surface area contributed by atoms with Crippen LogP contribution in [0.25, 0.3) is 0 Å². The molecule has 1 aliphatic carbocycles. The van der Waals surface area contributed by atoms with E-state index in [4.69, 9.17) is 5.73 Å². The smallest absolute Gasteiger partial charge is 0.315 e. The standard InChI is InChI=1S/C15H28N4O2.ClH/c16-9-6-14(20)19-10-7-13(8-11-19)18-15(21)17-12-4-2-1-3-5-12;/h12-13H,1-11,16H2,(H2,17,18,21);1H. The minimum absolute atomic E-state index is 0. The van der Waals surface area contributed by atoms with Gasteiger partial charge in [0.15, 0.2) is 0 Å². The quantitative estimate of drug-likeness (QED) is 0.726. The van der Waals surface area contributed by atoms with Crippen molar-refractivity contribution in [2.45, 2.75) is 63.5 Å². The van der Waals surface area contributed by atoms with Gasteiger partial charge in [-0.3, -0.25) is 4.79 Å². The molecule has 128 valence electrons. The summed E-state index contributed by atoms with van der Waals surface area (Å²) in [5.41, 5.74) is 5.41. The van der Waals surface area contributed by atoms with Gasteiger partial charge in [-0.25, -0.2) is 4.79 Å². The van der Waals surface area contributed by atoms with Crippen LogP contribution in [-0.2, 0) is 4.79 Å². The van der Waals surface area contributed by atoms with Crippen molar-refractivity contribution in [3.8, 4) is 0 Å². The third-order valence-corrected chi connectivity index (χ3v) is 4.48. The lowest BCUT2D eigenvalue weighted by atomic mass is 9.96. The molecule has 3 amide bonds. The van der Waals surface area contributed by atoms with Crippen LogP contribution in [0.2, 0.25) is 0 Å². The minimum atomic E-state index is -0.0476. The first-order chi connectivity index (χ1) is 10.2. The first-order valence-electron chi connectivity index (χ1n) is 8.24. The summed E-state index contributed by atoms with van der Waals surface area (Å²) < 4.78 is 0. The van der Waals surface area contributed by atoms with E-state index in [1.807, 2.05) is 4.90 Å². The van der Waals surface area contributed by atoms with Crippen LogP contribution in [0.4, 0.5) is 4.79 Å². The second-order valence-electron chi connectivity index (χ2n) is 6.15. The van der Waals surface area contributed by atoms with Gasteiger partial charge in [-0.05, 0) is 25.7 Å². The summed E-state index contributed by atoms with van der Waals surface area (Å²) in [4.78, 5) is 25.6. The normalized spacial score (nSPS) is 20.1. The summed E-state index contributed by atoms with van der Waals surface area (Å²) in [7, 11) is 0. The molecule has 2 rings (SSSR count). The molecule has 0 aromatic carbocycles. The van der Waals surface area contributed by atoms with Gasteiger partial charge in [0.25, 0.3) is 0 Å². The maximum absolute atomic E-state index is 12.0. The van der Waals surface area contributed by atoms with Crippen LogP contribution in [0.5, 0.6) is 0 Å². The number of nitrogens with zero attached hydrogens (tertiary/aromatic N) is 1. The predicted molar refractivity (Wildman–Crippen MR) is 89.1 cm³/mol. The van der Waals surface area contributed by atoms with Crippen molar-refractivity contribution in [1.29, 1.82) is 0 Å². The Morgan fingerprint density at radius 1 is 0.955 bits per heavy atom. The van der Waals surface area contributed by atoms with Crippen LogP contribution in [0.3, 0.4) is 0 Å². The summed E-state index contributed by atoms with van der Waals surface area (Å²) in [6.07, 6.45) is 7.98. The molecule has 4 N–H and O–H groups in total. The highest BCUT2D eigenvalue weighted by atomic mass is 35.5. The summed E-state index contributed by atoms with van der Waals surface area (Å²) in [6.45, 7) is 1.83. The van der Waals surface area contributed by atoms with E-state index in [2.05, 4.69) is 10.6 Å². The Hall–Kier alpha value is -1.01. The number of hydrogen-bond acceptors (Lipinski definition) is 3. The molecule has 0 bridgehead atoms. The molecule has 22 heavy (non-hydrogen) atoms. The fourth-order valence-electron chi connectivity index (χ4n) is 3.21. The van der Waals surface area contributed by atoms with E-state index < -0.39 is 0 Å². The summed E-state index contributed by atoms with van der Waals surface area (Å²) in [5, 5.41) is 6.12. The van der Waals surface area contributed by atoms with Crippen LogP contribution in [0.15, 0.2) is 0 Å². The highest BCUT2D eigenvalue weighted by Crippen LogP contribution is 2.17. The minimum Gasteiger partial charge on any atom is -0.343 e. The second kappa shape index (κ2) is 9.90. The van der Waals surface area contributed by atoms with E-state index in [1.165, 1.54) is 19.3 Å². The summed E-state index contributed by atoms with van der Waals surface area (Å²) in [6, 6.07) is 0.467. The van der Waals surface area contributed by atoms with E-state index in [9.17, 15) is 9.59 Å². The fourth-order valence-corrected chi connectivity index (χ4v) is 3.21. The van der Waals surface area contributed by atoms with Crippen LogP contribution in [-0.4, -0.2) is 48.6 Å². The third kappa shape index (κ3) is 6.01. The number of nitrogens with two attached hydrogens (primary N) is 1. The van der Waals surface area contributed by atoms with Crippen molar-refractivity contribution in [3.63, 3.8) is 0 Å². The van der Waals surface area contributed by atoms with Gasteiger partial charge in [-0.1, -0.05) is 19.3 Å². The van der Waals surface area contributed by atoms with Crippen molar-refractivity contribution in [2.75, 3.05) is 19.6 Å². The molecule has 1 heterocycles. The van der Waals surface area contributed by atoms with Gasteiger partial charge < -0.3 is 21.3 Å². The molecular formula is C15H29ClN4O2. The lowest BCUT2D eigenvalue weighted by Crippen LogP contribution is -2.51. The zero-order chi connectivity index (χ0) is 15.1. The molecule has 1 aliphatic heterocycles. The van der Waals surface area contributed by atoms with Crippen LogP contribution < -0.4 is 16.4 Å². The molecule has 2 aliphatic rings. The van der Waals surface area contributed by atoms with E-state index in [0.717, 1.165) is 25.7 Å². The number of urea groups is 1. The third-order valence-electron chi connectivity index (χ3n) is 4.48. The lowest BCUT2D eigenvalue weighted by Gasteiger charge is -2.33. The number of piperidine rings is 1. The average molecular weight is 333 g/mol. The maximum Gasteiger partial charge on any atom is 0.315 e. The Morgan fingerprint density at radius 3 is 2.05 bits per heavy atom. The van der Waals surface area contributed by atoms with Crippen LogP contribution >= 0.6 is 12.4 Å². The number of rotatable bonds is 4. The zero-order valence-corrected chi connectivity index (χ0v) is 14.0. The zero-order valence-electron chi connectivity index (χ0n) is 13.2. The van der Waals surface area contributed by atoms with Crippen molar-refractivity contribution in [1.82, 2.24) is 15.5 Å². The molecule has 1 saturated heterocycles. The Bertz CT molecular complexity index is 353. The van der Waals surface area contributed by atoms with Gasteiger partial charge in [0, 0.05) is 38.1 Å². The van der Waals surface area contributed by atoms with Crippen LogP contribution in [0, 0.1) is 0 Å². The maximum atomic E-state index is 12.0. The molecule has 6 nitrogen and oxygen atoms in total. The van der Waals surface area contributed by atoms with Gasteiger partial charge in [0.2, 0.25) is 5.91 Å². The average Bonchev–Trinajstić information content (AvgIpc) is 2.49. The molecular weight excluding hydrogens is 304 g/mol. The number of amides is 3. The van der Waals surface area contributed by atoms with Gasteiger partial charge in [0.05, 0.1) is 0 Å². The number of halogens is 1. The topological polar surface area (TPSA) is 87.5 Å². The van der Waals surface area contributed by atoms with Crippen molar-refractivity contribution in [2.24, 2.45) is 5.73 Å². The van der Waals surface area contributed by atoms with Crippen LogP contribution in [0.1, 0.15) is 51.4 Å². The molecule has 0 atom stereocenters. The molecule has 2 fully saturated rings. The first kappa shape index (κ1) is 19.0. The Kier molecular flexibility index (Phi) is 8.56. The fraction of sp³-hybridized carbons (Fsp3) is 0.867. The van der Waals surface area contributed by atoms with Gasteiger partial charge in [-0.2, -0.15) is 0 Å². The largest absolute Gasteiger partial charge is 0.343 e. The number of carbonyl (C=O) groups is 2. The van der Waals surface area contributed by atoms with E-state index in [-0.39, 0.29) is 30.4 Å². The monoisotopic (exact) mass is 332 g/mol. The molecule has 7 heteroatoms. The summed E-state index contributed by atoms with van der Waals surface area (Å²) >= 11 is 0. The van der Waals surface area contributed by atoms with Crippen molar-refractivity contribution in [3.05, 3.63) is 0 Å². The number of carbonyl (C=O) groups excluding carboxylic acids is 2. The van der Waals surface area contributed by atoms with E-state index in [0.29, 0.717) is 32.1 Å². The SMILES string of the molecule is Cl.NCCC(=O)N1CCC(NC(=O)NC2CCCCC2)CC1. The predicted octanol–water partition coefficient (Wildman–Crippen LogP) is 1.38. The van der Waals surface area contributed by atoms with Gasteiger partial charge in [0.1, 0.15) is 0 Å². The Morgan fingerprint density at radius 2 is 1.50 bits per heavy atom. The molecule has 0 radical (unpaired) electrons. The second-order valence-corrected chi connectivity index (χ2v) is 6.15. The molecule has 0 aromatic rings. The van der Waals surface area contributed by atoms with Gasteiger partial charge >= 0.3 is 6.03 Å². The number of nitrogens with one attached hydrogen (secondary N) is 2. The Labute approximate surface area is 139 Å². The lowest BCUT2D eigenvalue weighted by molar-refractivity contribution is -0.132. The molecule has 1 saturated carbocycles. The summed E-state index contributed by atoms with van der Waals surface area (Å²) in [5.74, 6) is 0.127.